The van der Waals surface area contributed by atoms with Gasteiger partial charge in [0, 0.05) is 18.5 Å². The third kappa shape index (κ3) is 3.30. The fourth-order valence-electron chi connectivity index (χ4n) is 3.89. The maximum atomic E-state index is 13.1. The smallest absolute Gasteiger partial charge is 0.343 e. The molecule has 1 aromatic heterocycles. The maximum Gasteiger partial charge on any atom is 0.416 e. The number of amides is 1. The van der Waals surface area contributed by atoms with Crippen molar-refractivity contribution < 1.29 is 18.0 Å². The maximum absolute atomic E-state index is 13.1. The molecule has 3 aromatic rings. The summed E-state index contributed by atoms with van der Waals surface area (Å²) in [4.78, 5) is 25.4. The number of nitrogens with zero attached hydrogens (tertiary/aromatic N) is 1. The number of para-hydroxylation sites is 1. The third-order valence-corrected chi connectivity index (χ3v) is 5.70. The Morgan fingerprint density at radius 3 is 2.45 bits per heavy atom. The molecule has 7 heteroatoms. The van der Waals surface area contributed by atoms with Crippen molar-refractivity contribution in [3.05, 3.63) is 81.6 Å². The van der Waals surface area contributed by atoms with Crippen LogP contribution < -0.4 is 10.9 Å². The normalized spacial score (nSPS) is 15.7. The number of fused-ring (bicyclic) bond motifs is 1. The molecule has 2 aromatic carbocycles. The second-order valence-electron chi connectivity index (χ2n) is 7.44. The largest absolute Gasteiger partial charge is 0.416 e. The van der Waals surface area contributed by atoms with E-state index in [0.717, 1.165) is 18.6 Å². The number of alkyl halides is 3. The minimum atomic E-state index is -4.45. The lowest BCUT2D eigenvalue weighted by atomic mass is 9.71. The average Bonchev–Trinajstić information content (AvgIpc) is 2.67. The zero-order valence-electron chi connectivity index (χ0n) is 15.7. The topological polar surface area (TPSA) is 51.1 Å². The molecule has 150 valence electrons. The van der Waals surface area contributed by atoms with Gasteiger partial charge in [0.2, 0.25) is 0 Å². The first-order chi connectivity index (χ1) is 13.7. The number of nitrogens with one attached hydrogen (secondary N) is 1. The Kier molecular flexibility index (Phi) is 4.48. The number of hydrogen-bond donors (Lipinski definition) is 1. The van der Waals surface area contributed by atoms with Crippen molar-refractivity contribution in [1.29, 1.82) is 0 Å². The fourth-order valence-corrected chi connectivity index (χ4v) is 3.89. The predicted molar refractivity (Wildman–Crippen MR) is 104 cm³/mol. The highest BCUT2D eigenvalue weighted by Crippen LogP contribution is 2.43. The van der Waals surface area contributed by atoms with Gasteiger partial charge in [0.25, 0.3) is 11.5 Å². The van der Waals surface area contributed by atoms with E-state index in [9.17, 15) is 22.8 Å². The van der Waals surface area contributed by atoms with E-state index in [1.807, 2.05) is 0 Å². The predicted octanol–water partition coefficient (Wildman–Crippen LogP) is 4.37. The molecule has 1 N–H and O–H groups in total. The first-order valence-corrected chi connectivity index (χ1v) is 9.30. The van der Waals surface area contributed by atoms with Crippen LogP contribution in [0.5, 0.6) is 0 Å². The lowest BCUT2D eigenvalue weighted by molar-refractivity contribution is -0.137. The van der Waals surface area contributed by atoms with Gasteiger partial charge in [-0.1, -0.05) is 30.3 Å². The van der Waals surface area contributed by atoms with Crippen LogP contribution in [0.3, 0.4) is 0 Å². The Balaban J connectivity index is 1.74. The summed E-state index contributed by atoms with van der Waals surface area (Å²) in [6, 6.07) is 13.4. The van der Waals surface area contributed by atoms with Crippen molar-refractivity contribution in [2.75, 3.05) is 0 Å². The number of carbonyl (C=O) groups is 1. The Bertz CT molecular complexity index is 1160. The highest BCUT2D eigenvalue weighted by molar-refractivity contribution is 6.06. The number of aryl methyl sites for hydroxylation is 1. The van der Waals surface area contributed by atoms with Gasteiger partial charge in [-0.25, -0.2) is 0 Å². The van der Waals surface area contributed by atoms with Crippen LogP contribution in [0.4, 0.5) is 13.2 Å². The Morgan fingerprint density at radius 2 is 1.79 bits per heavy atom. The Morgan fingerprint density at radius 1 is 1.07 bits per heavy atom. The number of hydrogen-bond acceptors (Lipinski definition) is 2. The molecule has 1 amide bonds. The number of aromatic nitrogens is 1. The average molecular weight is 400 g/mol. The third-order valence-electron chi connectivity index (χ3n) is 5.70. The van der Waals surface area contributed by atoms with Gasteiger partial charge in [0.1, 0.15) is 0 Å². The molecule has 0 radical (unpaired) electrons. The van der Waals surface area contributed by atoms with Gasteiger partial charge in [0.05, 0.1) is 22.2 Å². The summed E-state index contributed by atoms with van der Waals surface area (Å²) >= 11 is 0. The lowest BCUT2D eigenvalue weighted by Crippen LogP contribution is -2.51. The lowest BCUT2D eigenvalue weighted by Gasteiger charge is -2.43. The van der Waals surface area contributed by atoms with Crippen molar-refractivity contribution in [2.45, 2.75) is 31.0 Å². The molecular weight excluding hydrogens is 381 g/mol. The molecule has 0 bridgehead atoms. The van der Waals surface area contributed by atoms with Crippen molar-refractivity contribution in [3.63, 3.8) is 0 Å². The van der Waals surface area contributed by atoms with Crippen LogP contribution in [-0.2, 0) is 18.8 Å². The van der Waals surface area contributed by atoms with Gasteiger partial charge in [0.15, 0.2) is 0 Å². The molecule has 1 fully saturated rings. The monoisotopic (exact) mass is 400 g/mol. The van der Waals surface area contributed by atoms with E-state index in [-0.39, 0.29) is 11.1 Å². The second kappa shape index (κ2) is 6.76. The zero-order valence-corrected chi connectivity index (χ0v) is 15.7. The Hall–Kier alpha value is -3.09. The van der Waals surface area contributed by atoms with E-state index in [1.54, 1.807) is 37.4 Å². The van der Waals surface area contributed by atoms with Crippen molar-refractivity contribution in [1.82, 2.24) is 9.88 Å². The number of pyridine rings is 1. The van der Waals surface area contributed by atoms with Crippen molar-refractivity contribution in [2.24, 2.45) is 7.05 Å². The molecule has 1 saturated carbocycles. The van der Waals surface area contributed by atoms with Crippen LogP contribution in [0.15, 0.2) is 59.4 Å². The Labute approximate surface area is 165 Å². The molecule has 4 rings (SSSR count). The van der Waals surface area contributed by atoms with E-state index in [1.165, 1.54) is 16.7 Å². The molecule has 1 aliphatic rings. The molecule has 0 saturated heterocycles. The van der Waals surface area contributed by atoms with Crippen LogP contribution in [-0.4, -0.2) is 10.5 Å². The minimum Gasteiger partial charge on any atom is -0.343 e. The van der Waals surface area contributed by atoms with Crippen LogP contribution >= 0.6 is 0 Å². The van der Waals surface area contributed by atoms with E-state index in [0.29, 0.717) is 29.3 Å². The fraction of sp³-hybridized carbons (Fsp3) is 0.273. The van der Waals surface area contributed by atoms with Crippen molar-refractivity contribution >= 4 is 16.8 Å². The minimum absolute atomic E-state index is 0.224. The summed E-state index contributed by atoms with van der Waals surface area (Å²) in [5.41, 5.74) is -0.653. The first kappa shape index (κ1) is 19.2. The molecule has 0 spiro atoms. The van der Waals surface area contributed by atoms with Crippen LogP contribution in [0.1, 0.15) is 40.7 Å². The van der Waals surface area contributed by atoms with Gasteiger partial charge in [-0.15, -0.1) is 0 Å². The quantitative estimate of drug-likeness (QED) is 0.710. The second-order valence-corrected chi connectivity index (χ2v) is 7.44. The van der Waals surface area contributed by atoms with Gasteiger partial charge < -0.3 is 9.88 Å². The number of carbonyl (C=O) groups excluding carboxylic acids is 1. The molecule has 1 heterocycles. The number of halogens is 3. The molecule has 0 aliphatic heterocycles. The molecule has 1 aliphatic carbocycles. The van der Waals surface area contributed by atoms with E-state index >= 15 is 0 Å². The molecule has 0 unspecified atom stereocenters. The standard InChI is InChI=1S/C22H19F3N2O2/c1-27-18-9-3-2-8-16(18)17(13-19(27)28)20(29)26-21(10-5-11-21)14-6-4-7-15(12-14)22(23,24)25/h2-4,6-9,12-13H,5,10-11H2,1H3,(H,26,29). The highest BCUT2D eigenvalue weighted by Gasteiger charge is 2.42. The number of benzene rings is 2. The van der Waals surface area contributed by atoms with Crippen molar-refractivity contribution in [3.8, 4) is 0 Å². The zero-order chi connectivity index (χ0) is 20.8. The van der Waals surface area contributed by atoms with Gasteiger partial charge in [-0.05, 0) is 43.0 Å². The van der Waals surface area contributed by atoms with Gasteiger partial charge in [-0.3, -0.25) is 9.59 Å². The van der Waals surface area contributed by atoms with E-state index < -0.39 is 23.2 Å². The molecule has 4 nitrogen and oxygen atoms in total. The van der Waals surface area contributed by atoms with Crippen LogP contribution in [0.25, 0.3) is 10.9 Å². The summed E-state index contributed by atoms with van der Waals surface area (Å²) in [6.45, 7) is 0. The van der Waals surface area contributed by atoms with Gasteiger partial charge >= 0.3 is 6.18 Å². The SMILES string of the molecule is Cn1c(=O)cc(C(=O)NC2(c3cccc(C(F)(F)F)c3)CCC2)c2ccccc21. The highest BCUT2D eigenvalue weighted by atomic mass is 19.4. The molecular formula is C22H19F3N2O2. The summed E-state index contributed by atoms with van der Waals surface area (Å²) in [7, 11) is 1.63. The van der Waals surface area contributed by atoms with Crippen LogP contribution in [0, 0.1) is 0 Å². The number of rotatable bonds is 3. The molecule has 29 heavy (non-hydrogen) atoms. The molecule has 0 atom stereocenters. The van der Waals surface area contributed by atoms with Gasteiger partial charge in [-0.2, -0.15) is 13.2 Å². The first-order valence-electron chi connectivity index (χ1n) is 9.30. The summed E-state index contributed by atoms with van der Waals surface area (Å²) in [5.74, 6) is -0.462. The summed E-state index contributed by atoms with van der Waals surface area (Å²) in [5, 5.41) is 3.54. The van der Waals surface area contributed by atoms with E-state index in [4.69, 9.17) is 0 Å². The summed E-state index contributed by atoms with van der Waals surface area (Å²) < 4.78 is 40.9. The van der Waals surface area contributed by atoms with Crippen LogP contribution in [0.2, 0.25) is 0 Å². The summed E-state index contributed by atoms with van der Waals surface area (Å²) in [6.07, 6.45) is -2.56. The van der Waals surface area contributed by atoms with E-state index in [2.05, 4.69) is 5.32 Å².